The zero-order chi connectivity index (χ0) is 26.6. The molecule has 6 aromatic carbocycles. The van der Waals surface area contributed by atoms with E-state index in [1.54, 1.807) is 0 Å². The Kier molecular flexibility index (Phi) is 5.14. The molecule has 190 valence electrons. The molecule has 0 aliphatic heterocycles. The summed E-state index contributed by atoms with van der Waals surface area (Å²) in [6.07, 6.45) is 1.03. The molecule has 40 heavy (non-hydrogen) atoms. The number of benzene rings is 6. The van der Waals surface area contributed by atoms with Gasteiger partial charge >= 0.3 is 0 Å². The number of aromatic nitrogens is 1. The van der Waals surface area contributed by atoms with Crippen molar-refractivity contribution in [1.82, 2.24) is 4.57 Å². The fourth-order valence-corrected chi connectivity index (χ4v) is 6.37. The fourth-order valence-electron chi connectivity index (χ4n) is 6.37. The number of fused-ring (bicyclic) bond motifs is 6. The van der Waals surface area contributed by atoms with Gasteiger partial charge in [0.15, 0.2) is 0 Å². The van der Waals surface area contributed by atoms with Crippen molar-refractivity contribution in [1.29, 1.82) is 0 Å². The topological polar surface area (TPSA) is 8.17 Å². The summed E-state index contributed by atoms with van der Waals surface area (Å²) < 4.78 is 2.37. The molecular weight excluding hydrogens is 484 g/mol. The lowest BCUT2D eigenvalue weighted by molar-refractivity contribution is 1.15. The lowest BCUT2D eigenvalue weighted by atomic mass is 9.98. The average molecular weight is 513 g/mol. The number of anilines is 2. The minimum atomic E-state index is 1.03. The Balaban J connectivity index is 1.13. The predicted molar refractivity (Wildman–Crippen MR) is 169 cm³/mol. The van der Waals surface area contributed by atoms with Crippen molar-refractivity contribution in [3.8, 4) is 27.9 Å². The predicted octanol–water partition coefficient (Wildman–Crippen LogP) is 9.79. The van der Waals surface area contributed by atoms with Crippen molar-refractivity contribution in [2.75, 3.05) is 11.9 Å². The first-order valence-corrected chi connectivity index (χ1v) is 13.9. The normalized spacial score (nSPS) is 12.0. The van der Waals surface area contributed by atoms with Crippen LogP contribution in [0.4, 0.5) is 11.4 Å². The molecular formula is C38H28N2. The van der Waals surface area contributed by atoms with E-state index < -0.39 is 0 Å². The van der Waals surface area contributed by atoms with Gasteiger partial charge in [-0.1, -0.05) is 91.0 Å². The molecule has 0 saturated carbocycles. The van der Waals surface area contributed by atoms with Crippen molar-refractivity contribution in [2.45, 2.75) is 6.42 Å². The monoisotopic (exact) mass is 512 g/mol. The highest BCUT2D eigenvalue weighted by Gasteiger charge is 2.18. The maximum absolute atomic E-state index is 2.37. The fraction of sp³-hybridized carbons (Fsp3) is 0.0526. The molecule has 0 radical (unpaired) electrons. The molecule has 2 heteroatoms. The van der Waals surface area contributed by atoms with Gasteiger partial charge in [0, 0.05) is 34.9 Å². The standard InChI is InChI=1S/C38H28N2/c1-39(30-21-19-26(20-22-30)27-17-18-29-23-28-9-2-3-12-33(28)36(29)24-27)31-10-8-11-32(25-31)40-37-15-6-4-13-34(37)35-14-5-7-16-38(35)40/h2-22,24-25H,23H2,1H3. The smallest absolute Gasteiger partial charge is 0.0541 e. The van der Waals surface area contributed by atoms with Gasteiger partial charge in [-0.25, -0.2) is 0 Å². The average Bonchev–Trinajstić information content (AvgIpc) is 3.56. The Morgan fingerprint density at radius 1 is 0.500 bits per heavy atom. The van der Waals surface area contributed by atoms with Crippen LogP contribution in [0.1, 0.15) is 11.1 Å². The van der Waals surface area contributed by atoms with E-state index in [0.29, 0.717) is 0 Å². The van der Waals surface area contributed by atoms with Crippen LogP contribution < -0.4 is 4.90 Å². The first-order chi connectivity index (χ1) is 19.7. The third-order valence-corrected chi connectivity index (χ3v) is 8.44. The van der Waals surface area contributed by atoms with Crippen molar-refractivity contribution >= 4 is 33.2 Å². The summed E-state index contributed by atoms with van der Waals surface area (Å²) in [5.74, 6) is 0. The van der Waals surface area contributed by atoms with Gasteiger partial charge in [-0.2, -0.15) is 0 Å². The van der Waals surface area contributed by atoms with Gasteiger partial charge in [-0.15, -0.1) is 0 Å². The molecule has 0 N–H and O–H groups in total. The minimum absolute atomic E-state index is 1.03. The van der Waals surface area contributed by atoms with Crippen LogP contribution >= 0.6 is 0 Å². The van der Waals surface area contributed by atoms with Gasteiger partial charge in [-0.05, 0) is 88.3 Å². The van der Waals surface area contributed by atoms with Crippen LogP contribution in [0, 0.1) is 0 Å². The molecule has 1 aliphatic carbocycles. The van der Waals surface area contributed by atoms with Crippen molar-refractivity contribution in [3.05, 3.63) is 151 Å². The summed E-state index contributed by atoms with van der Waals surface area (Å²) in [7, 11) is 2.15. The molecule has 1 aliphatic rings. The Morgan fingerprint density at radius 2 is 1.15 bits per heavy atom. The summed E-state index contributed by atoms with van der Waals surface area (Å²) in [5, 5.41) is 2.56. The van der Waals surface area contributed by atoms with Crippen molar-refractivity contribution in [3.63, 3.8) is 0 Å². The maximum atomic E-state index is 2.37. The number of rotatable bonds is 4. The van der Waals surface area contributed by atoms with Gasteiger partial charge in [0.1, 0.15) is 0 Å². The van der Waals surface area contributed by atoms with Gasteiger partial charge in [0.2, 0.25) is 0 Å². The molecule has 0 saturated heterocycles. The van der Waals surface area contributed by atoms with Crippen LogP contribution in [0.3, 0.4) is 0 Å². The van der Waals surface area contributed by atoms with E-state index in [-0.39, 0.29) is 0 Å². The van der Waals surface area contributed by atoms with Crippen LogP contribution in [0.2, 0.25) is 0 Å². The van der Waals surface area contributed by atoms with Crippen LogP contribution in [-0.4, -0.2) is 11.6 Å². The largest absolute Gasteiger partial charge is 0.345 e. The summed E-state index contributed by atoms with van der Waals surface area (Å²) in [6.45, 7) is 0. The Hall–Kier alpha value is -5.08. The molecule has 2 nitrogen and oxygen atoms in total. The van der Waals surface area contributed by atoms with E-state index in [1.165, 1.54) is 55.2 Å². The van der Waals surface area contributed by atoms with Crippen LogP contribution in [0.25, 0.3) is 49.7 Å². The van der Waals surface area contributed by atoms with E-state index >= 15 is 0 Å². The SMILES string of the molecule is CN(c1ccc(-c2ccc3c(c2)-c2ccccc2C3)cc1)c1cccc(-n2c3ccccc3c3ccccc32)c1. The van der Waals surface area contributed by atoms with E-state index in [4.69, 9.17) is 0 Å². The molecule has 0 spiro atoms. The quantitative estimate of drug-likeness (QED) is 0.228. The minimum Gasteiger partial charge on any atom is -0.345 e. The molecule has 0 unspecified atom stereocenters. The second-order valence-electron chi connectivity index (χ2n) is 10.7. The van der Waals surface area contributed by atoms with Gasteiger partial charge in [0.05, 0.1) is 11.0 Å². The van der Waals surface area contributed by atoms with Crippen LogP contribution in [-0.2, 0) is 6.42 Å². The Morgan fingerprint density at radius 3 is 1.93 bits per heavy atom. The van der Waals surface area contributed by atoms with Gasteiger partial charge in [0.25, 0.3) is 0 Å². The van der Waals surface area contributed by atoms with E-state index in [0.717, 1.165) is 23.5 Å². The molecule has 1 aromatic heterocycles. The molecule has 0 atom stereocenters. The van der Waals surface area contributed by atoms with E-state index in [9.17, 15) is 0 Å². The van der Waals surface area contributed by atoms with Gasteiger partial charge in [-0.3, -0.25) is 0 Å². The molecule has 0 amide bonds. The molecule has 0 bridgehead atoms. The highest BCUT2D eigenvalue weighted by molar-refractivity contribution is 6.09. The van der Waals surface area contributed by atoms with Crippen LogP contribution in [0.15, 0.2) is 140 Å². The van der Waals surface area contributed by atoms with E-state index in [1.807, 2.05) is 0 Å². The van der Waals surface area contributed by atoms with E-state index in [2.05, 4.69) is 156 Å². The second-order valence-corrected chi connectivity index (χ2v) is 10.7. The molecule has 8 rings (SSSR count). The van der Waals surface area contributed by atoms with Crippen LogP contribution in [0.5, 0.6) is 0 Å². The molecule has 7 aromatic rings. The maximum Gasteiger partial charge on any atom is 0.0541 e. The summed E-state index contributed by atoms with van der Waals surface area (Å²) in [5.41, 5.74) is 14.0. The number of nitrogens with zero attached hydrogens (tertiary/aromatic N) is 2. The van der Waals surface area contributed by atoms with Gasteiger partial charge < -0.3 is 9.47 Å². The highest BCUT2D eigenvalue weighted by Crippen LogP contribution is 2.39. The Bertz CT molecular complexity index is 1990. The summed E-state index contributed by atoms with van der Waals surface area (Å²) >= 11 is 0. The summed E-state index contributed by atoms with van der Waals surface area (Å²) in [4.78, 5) is 2.26. The highest BCUT2D eigenvalue weighted by atomic mass is 15.1. The number of para-hydroxylation sites is 2. The second kappa shape index (κ2) is 9.00. The zero-order valence-corrected chi connectivity index (χ0v) is 22.4. The first kappa shape index (κ1) is 22.9. The summed E-state index contributed by atoms with van der Waals surface area (Å²) in [6, 6.07) is 50.8. The number of hydrogen-bond acceptors (Lipinski definition) is 1. The Labute approximate surface area is 234 Å². The third kappa shape index (κ3) is 3.57. The first-order valence-electron chi connectivity index (χ1n) is 13.9. The van der Waals surface area contributed by atoms with Crippen molar-refractivity contribution < 1.29 is 0 Å². The lowest BCUT2D eigenvalue weighted by Gasteiger charge is -2.21. The third-order valence-electron chi connectivity index (χ3n) is 8.44. The zero-order valence-electron chi connectivity index (χ0n) is 22.4. The van der Waals surface area contributed by atoms with Crippen molar-refractivity contribution in [2.24, 2.45) is 0 Å². The number of hydrogen-bond donors (Lipinski definition) is 0. The molecule has 0 fully saturated rings. The molecule has 1 heterocycles. The lowest BCUT2D eigenvalue weighted by Crippen LogP contribution is -2.09.